The Bertz CT molecular complexity index is 408. The molecule has 1 saturated heterocycles. The fourth-order valence-corrected chi connectivity index (χ4v) is 3.24. The molecule has 0 saturated carbocycles. The number of nitrogens with zero attached hydrogens (tertiary/aromatic N) is 1. The summed E-state index contributed by atoms with van der Waals surface area (Å²) in [5.74, 6) is 2.87. The van der Waals surface area contributed by atoms with E-state index in [4.69, 9.17) is 0 Å². The first-order valence-electron chi connectivity index (χ1n) is 6.72. The molecule has 3 N–H and O–H groups in total. The number of aromatic hydroxyl groups is 2. The highest BCUT2D eigenvalue weighted by molar-refractivity contribution is 7.99. The van der Waals surface area contributed by atoms with Gasteiger partial charge in [-0.15, -0.1) is 0 Å². The molecule has 1 atom stereocenters. The summed E-state index contributed by atoms with van der Waals surface area (Å²) < 4.78 is 0. The molecule has 2 rings (SSSR count). The minimum absolute atomic E-state index is 0.0336. The van der Waals surface area contributed by atoms with Crippen molar-refractivity contribution in [1.29, 1.82) is 0 Å². The standard InChI is InChI=1S/C14H22N2O2S/c1-11(13-10-12(17)2-3-14(13)18)15-4-5-16-6-8-19-9-7-16/h2-3,10-11,15,17-18H,4-9H2,1H3. The van der Waals surface area contributed by atoms with Crippen LogP contribution in [-0.2, 0) is 0 Å². The van der Waals surface area contributed by atoms with Crippen LogP contribution in [0.5, 0.6) is 11.5 Å². The van der Waals surface area contributed by atoms with Crippen molar-refractivity contribution < 1.29 is 10.2 Å². The normalized spacial score (nSPS) is 18.4. The molecule has 1 unspecified atom stereocenters. The Hall–Kier alpha value is -0.910. The molecule has 0 spiro atoms. The van der Waals surface area contributed by atoms with Gasteiger partial charge in [0.15, 0.2) is 0 Å². The Kier molecular flexibility index (Phi) is 5.36. The van der Waals surface area contributed by atoms with Gasteiger partial charge in [-0.05, 0) is 25.1 Å². The van der Waals surface area contributed by atoms with Crippen molar-refractivity contribution in [2.45, 2.75) is 13.0 Å². The molecule has 106 valence electrons. The zero-order chi connectivity index (χ0) is 13.7. The number of thioether (sulfide) groups is 1. The Morgan fingerprint density at radius 3 is 2.79 bits per heavy atom. The summed E-state index contributed by atoms with van der Waals surface area (Å²) in [5, 5.41) is 22.7. The number of nitrogens with one attached hydrogen (secondary N) is 1. The van der Waals surface area contributed by atoms with Crippen LogP contribution >= 0.6 is 11.8 Å². The van der Waals surface area contributed by atoms with Gasteiger partial charge in [-0.3, -0.25) is 0 Å². The average molecular weight is 282 g/mol. The lowest BCUT2D eigenvalue weighted by molar-refractivity contribution is 0.296. The maximum atomic E-state index is 9.79. The highest BCUT2D eigenvalue weighted by Gasteiger charge is 2.13. The molecule has 0 bridgehead atoms. The summed E-state index contributed by atoms with van der Waals surface area (Å²) in [6, 6.07) is 4.68. The van der Waals surface area contributed by atoms with Gasteiger partial charge in [0.05, 0.1) is 0 Å². The number of rotatable bonds is 5. The number of hydrogen-bond acceptors (Lipinski definition) is 5. The second-order valence-electron chi connectivity index (χ2n) is 4.87. The summed E-state index contributed by atoms with van der Waals surface area (Å²) in [6.07, 6.45) is 0. The van der Waals surface area contributed by atoms with E-state index in [-0.39, 0.29) is 17.5 Å². The SMILES string of the molecule is CC(NCCN1CCSCC1)c1cc(O)ccc1O. The number of phenolic OH excluding ortho intramolecular Hbond substituents is 2. The van der Waals surface area contributed by atoms with Gasteiger partial charge in [-0.25, -0.2) is 0 Å². The second-order valence-corrected chi connectivity index (χ2v) is 6.10. The van der Waals surface area contributed by atoms with Crippen molar-refractivity contribution in [3.63, 3.8) is 0 Å². The van der Waals surface area contributed by atoms with Crippen molar-refractivity contribution in [3.8, 4) is 11.5 Å². The third-order valence-corrected chi connectivity index (χ3v) is 4.40. The number of benzene rings is 1. The first-order chi connectivity index (χ1) is 9.16. The molecular weight excluding hydrogens is 260 g/mol. The van der Waals surface area contributed by atoms with Gasteiger partial charge in [0.1, 0.15) is 11.5 Å². The van der Waals surface area contributed by atoms with Crippen LogP contribution in [0.4, 0.5) is 0 Å². The monoisotopic (exact) mass is 282 g/mol. The van der Waals surface area contributed by atoms with Gasteiger partial charge in [-0.2, -0.15) is 11.8 Å². The van der Waals surface area contributed by atoms with Crippen LogP contribution in [0.1, 0.15) is 18.5 Å². The van der Waals surface area contributed by atoms with Gasteiger partial charge >= 0.3 is 0 Å². The first kappa shape index (κ1) is 14.5. The second kappa shape index (κ2) is 7.03. The fourth-order valence-electron chi connectivity index (χ4n) is 2.26. The molecule has 1 heterocycles. The lowest BCUT2D eigenvalue weighted by Crippen LogP contribution is -2.38. The van der Waals surface area contributed by atoms with E-state index in [1.54, 1.807) is 6.07 Å². The van der Waals surface area contributed by atoms with Gasteiger partial charge < -0.3 is 20.4 Å². The van der Waals surface area contributed by atoms with Crippen molar-refractivity contribution in [1.82, 2.24) is 10.2 Å². The summed E-state index contributed by atoms with van der Waals surface area (Å²) in [7, 11) is 0. The Morgan fingerprint density at radius 1 is 1.32 bits per heavy atom. The third kappa shape index (κ3) is 4.30. The maximum Gasteiger partial charge on any atom is 0.120 e. The van der Waals surface area contributed by atoms with E-state index in [1.807, 2.05) is 18.7 Å². The molecule has 5 heteroatoms. The number of hydrogen-bond donors (Lipinski definition) is 3. The zero-order valence-electron chi connectivity index (χ0n) is 11.3. The zero-order valence-corrected chi connectivity index (χ0v) is 12.1. The van der Waals surface area contributed by atoms with Crippen LogP contribution in [0.2, 0.25) is 0 Å². The maximum absolute atomic E-state index is 9.79. The Labute approximate surface area is 118 Å². The van der Waals surface area contributed by atoms with Gasteiger partial charge in [-0.1, -0.05) is 0 Å². The molecule has 1 aromatic carbocycles. The summed E-state index contributed by atoms with van der Waals surface area (Å²) in [4.78, 5) is 2.46. The summed E-state index contributed by atoms with van der Waals surface area (Å²) in [5.41, 5.74) is 0.745. The molecule has 0 radical (unpaired) electrons. The van der Waals surface area contributed by atoms with Crippen LogP contribution in [0, 0.1) is 0 Å². The fraction of sp³-hybridized carbons (Fsp3) is 0.571. The number of phenols is 2. The van der Waals surface area contributed by atoms with Gasteiger partial charge in [0, 0.05) is 49.3 Å². The molecule has 4 nitrogen and oxygen atoms in total. The van der Waals surface area contributed by atoms with E-state index >= 15 is 0 Å². The third-order valence-electron chi connectivity index (χ3n) is 3.46. The Balaban J connectivity index is 1.80. The molecule has 0 amide bonds. The molecule has 0 aromatic heterocycles. The molecule has 19 heavy (non-hydrogen) atoms. The molecule has 1 aromatic rings. The molecule has 0 aliphatic carbocycles. The highest BCUT2D eigenvalue weighted by Crippen LogP contribution is 2.27. The summed E-state index contributed by atoms with van der Waals surface area (Å²) in [6.45, 7) is 6.25. The molecule has 1 fully saturated rings. The van der Waals surface area contributed by atoms with E-state index in [2.05, 4.69) is 10.2 Å². The van der Waals surface area contributed by atoms with Crippen molar-refractivity contribution in [3.05, 3.63) is 23.8 Å². The predicted octanol–water partition coefficient (Wildman–Crippen LogP) is 1.80. The topological polar surface area (TPSA) is 55.7 Å². The molecule has 1 aliphatic heterocycles. The highest BCUT2D eigenvalue weighted by atomic mass is 32.2. The van der Waals surface area contributed by atoms with Crippen LogP contribution in [0.3, 0.4) is 0 Å². The van der Waals surface area contributed by atoms with Crippen molar-refractivity contribution in [2.75, 3.05) is 37.7 Å². The van der Waals surface area contributed by atoms with Crippen LogP contribution < -0.4 is 5.32 Å². The van der Waals surface area contributed by atoms with E-state index in [0.29, 0.717) is 0 Å². The largest absolute Gasteiger partial charge is 0.508 e. The average Bonchev–Trinajstić information content (AvgIpc) is 2.42. The van der Waals surface area contributed by atoms with Crippen molar-refractivity contribution in [2.24, 2.45) is 0 Å². The van der Waals surface area contributed by atoms with Crippen LogP contribution in [0.15, 0.2) is 18.2 Å². The Morgan fingerprint density at radius 2 is 2.05 bits per heavy atom. The minimum Gasteiger partial charge on any atom is -0.508 e. The van der Waals surface area contributed by atoms with E-state index in [0.717, 1.165) is 31.7 Å². The van der Waals surface area contributed by atoms with Crippen LogP contribution in [0.25, 0.3) is 0 Å². The first-order valence-corrected chi connectivity index (χ1v) is 7.87. The molecule has 1 aliphatic rings. The lowest BCUT2D eigenvalue weighted by atomic mass is 10.1. The van der Waals surface area contributed by atoms with E-state index in [1.165, 1.54) is 23.6 Å². The smallest absolute Gasteiger partial charge is 0.120 e. The van der Waals surface area contributed by atoms with E-state index in [9.17, 15) is 10.2 Å². The van der Waals surface area contributed by atoms with Gasteiger partial charge in [0.25, 0.3) is 0 Å². The predicted molar refractivity (Wildman–Crippen MR) is 80.0 cm³/mol. The minimum atomic E-state index is 0.0336. The lowest BCUT2D eigenvalue weighted by Gasteiger charge is -2.27. The van der Waals surface area contributed by atoms with Crippen LogP contribution in [-0.4, -0.2) is 52.8 Å². The quantitative estimate of drug-likeness (QED) is 0.719. The molecular formula is C14H22N2O2S. The van der Waals surface area contributed by atoms with Gasteiger partial charge in [0.2, 0.25) is 0 Å². The van der Waals surface area contributed by atoms with E-state index < -0.39 is 0 Å². The van der Waals surface area contributed by atoms with Crippen molar-refractivity contribution >= 4 is 11.8 Å². The summed E-state index contributed by atoms with van der Waals surface area (Å²) >= 11 is 2.02.